The largest absolute Gasteiger partial charge is 0.480 e. The number of hydrogen-bond acceptors (Lipinski definition) is 2. The quantitative estimate of drug-likeness (QED) is 0.883. The average molecular weight is 275 g/mol. The van der Waals surface area contributed by atoms with Crippen LogP contribution in [0.1, 0.15) is 25.0 Å². The number of benzene rings is 1. The molecule has 1 aromatic rings. The zero-order valence-corrected chi connectivity index (χ0v) is 10.9. The van der Waals surface area contributed by atoms with Gasteiger partial charge in [-0.25, -0.2) is 4.79 Å². The Balaban J connectivity index is 3.06. The number of aryl methyl sites for hydroxylation is 1. The van der Waals surface area contributed by atoms with E-state index >= 15 is 0 Å². The van der Waals surface area contributed by atoms with Gasteiger partial charge < -0.3 is 10.4 Å². The summed E-state index contributed by atoms with van der Waals surface area (Å²) in [4.78, 5) is 11.0. The number of anilines is 1. The predicted molar refractivity (Wildman–Crippen MR) is 66.1 cm³/mol. The second-order valence-electron chi connectivity index (χ2n) is 4.73. The van der Waals surface area contributed by atoms with E-state index in [1.165, 1.54) is 19.1 Å². The molecule has 0 aliphatic heterocycles. The Morgan fingerprint density at radius 1 is 1.32 bits per heavy atom. The number of alkyl halides is 3. The molecule has 0 saturated heterocycles. The first-order chi connectivity index (χ1) is 8.62. The van der Waals surface area contributed by atoms with Crippen LogP contribution in [0.3, 0.4) is 0 Å². The molecule has 19 heavy (non-hydrogen) atoms. The molecule has 3 nitrogen and oxygen atoms in total. The highest BCUT2D eigenvalue weighted by Crippen LogP contribution is 2.33. The van der Waals surface area contributed by atoms with Crippen LogP contribution >= 0.6 is 0 Å². The molecular formula is C13H16F3NO2. The predicted octanol–water partition coefficient (Wildman–Crippen LogP) is 3.53. The molecule has 0 bridgehead atoms. The molecule has 0 amide bonds. The second kappa shape index (κ2) is 5.50. The van der Waals surface area contributed by atoms with Gasteiger partial charge in [0.15, 0.2) is 0 Å². The Kier molecular flexibility index (Phi) is 4.44. The molecule has 106 valence electrons. The van der Waals surface area contributed by atoms with Crippen LogP contribution < -0.4 is 5.32 Å². The smallest absolute Gasteiger partial charge is 0.416 e. The van der Waals surface area contributed by atoms with E-state index in [2.05, 4.69) is 5.32 Å². The van der Waals surface area contributed by atoms with Crippen LogP contribution in [0.5, 0.6) is 0 Å². The molecule has 0 aromatic heterocycles. The molecule has 1 unspecified atom stereocenters. The molecule has 0 aliphatic carbocycles. The number of halogens is 3. The Morgan fingerprint density at radius 3 is 2.32 bits per heavy atom. The molecule has 2 N–H and O–H groups in total. The molecule has 0 radical (unpaired) electrons. The van der Waals surface area contributed by atoms with Gasteiger partial charge in [-0.3, -0.25) is 0 Å². The van der Waals surface area contributed by atoms with Crippen molar-refractivity contribution in [3.63, 3.8) is 0 Å². The normalized spacial score (nSPS) is 13.4. The van der Waals surface area contributed by atoms with Crippen LogP contribution in [-0.2, 0) is 11.0 Å². The van der Waals surface area contributed by atoms with Crippen molar-refractivity contribution in [2.45, 2.75) is 33.0 Å². The van der Waals surface area contributed by atoms with Gasteiger partial charge in [0, 0.05) is 5.69 Å². The zero-order chi connectivity index (χ0) is 14.8. The topological polar surface area (TPSA) is 49.3 Å². The van der Waals surface area contributed by atoms with Crippen LogP contribution in [0, 0.1) is 12.8 Å². The van der Waals surface area contributed by atoms with E-state index in [1.54, 1.807) is 13.8 Å². The van der Waals surface area contributed by atoms with E-state index in [1.807, 2.05) is 0 Å². The number of carbonyl (C=O) groups is 1. The zero-order valence-electron chi connectivity index (χ0n) is 10.9. The third-order valence-corrected chi connectivity index (χ3v) is 2.80. The fourth-order valence-corrected chi connectivity index (χ4v) is 1.71. The molecule has 6 heteroatoms. The fourth-order valence-electron chi connectivity index (χ4n) is 1.71. The summed E-state index contributed by atoms with van der Waals surface area (Å²) >= 11 is 0. The highest BCUT2D eigenvalue weighted by atomic mass is 19.4. The van der Waals surface area contributed by atoms with Crippen LogP contribution in [-0.4, -0.2) is 17.1 Å². The number of aliphatic carboxylic acids is 1. The number of carboxylic acids is 1. The average Bonchev–Trinajstić information content (AvgIpc) is 2.25. The van der Waals surface area contributed by atoms with E-state index < -0.39 is 23.8 Å². The van der Waals surface area contributed by atoms with Crippen LogP contribution in [0.15, 0.2) is 18.2 Å². The van der Waals surface area contributed by atoms with Gasteiger partial charge in [-0.1, -0.05) is 19.9 Å². The summed E-state index contributed by atoms with van der Waals surface area (Å²) < 4.78 is 38.2. The van der Waals surface area contributed by atoms with Gasteiger partial charge in [0.1, 0.15) is 6.04 Å². The Labute approximate surface area is 109 Å². The lowest BCUT2D eigenvalue weighted by Gasteiger charge is -2.20. The molecule has 0 aliphatic rings. The molecule has 0 heterocycles. The maximum atomic E-state index is 12.7. The van der Waals surface area contributed by atoms with Crippen LogP contribution in [0.4, 0.5) is 18.9 Å². The summed E-state index contributed by atoms with van der Waals surface area (Å²) in [5.74, 6) is -1.34. The van der Waals surface area contributed by atoms with Gasteiger partial charge in [0.05, 0.1) is 5.56 Å². The van der Waals surface area contributed by atoms with E-state index in [0.717, 1.165) is 6.07 Å². The van der Waals surface area contributed by atoms with Gasteiger partial charge in [-0.2, -0.15) is 13.2 Å². The lowest BCUT2D eigenvalue weighted by atomic mass is 10.0. The van der Waals surface area contributed by atoms with Crippen LogP contribution in [0.25, 0.3) is 0 Å². The van der Waals surface area contributed by atoms with Crippen molar-refractivity contribution in [3.05, 3.63) is 29.3 Å². The van der Waals surface area contributed by atoms with Crippen molar-refractivity contribution in [2.24, 2.45) is 5.92 Å². The lowest BCUT2D eigenvalue weighted by Crippen LogP contribution is -2.34. The third kappa shape index (κ3) is 3.87. The molecule has 0 saturated carbocycles. The van der Waals surface area contributed by atoms with E-state index in [0.29, 0.717) is 0 Å². The van der Waals surface area contributed by atoms with Crippen molar-refractivity contribution in [3.8, 4) is 0 Å². The van der Waals surface area contributed by atoms with Crippen LogP contribution in [0.2, 0.25) is 0 Å². The molecular weight excluding hydrogens is 259 g/mol. The van der Waals surface area contributed by atoms with Gasteiger partial charge in [-0.15, -0.1) is 0 Å². The fraction of sp³-hybridized carbons (Fsp3) is 0.462. The van der Waals surface area contributed by atoms with E-state index in [-0.39, 0.29) is 17.2 Å². The third-order valence-electron chi connectivity index (χ3n) is 2.80. The summed E-state index contributed by atoms with van der Waals surface area (Å²) in [5.41, 5.74) is -0.501. The van der Waals surface area contributed by atoms with Gasteiger partial charge in [0.25, 0.3) is 0 Å². The van der Waals surface area contributed by atoms with Gasteiger partial charge in [0.2, 0.25) is 0 Å². The molecule has 1 atom stereocenters. The number of rotatable bonds is 4. The minimum absolute atomic E-state index is 0.106. The standard InChI is InChI=1S/C13H16F3NO2/c1-7(2)11(12(18)19)17-9-5-4-8(3)10(6-9)13(14,15)16/h4-7,11,17H,1-3H3,(H,18,19). The van der Waals surface area contributed by atoms with E-state index in [4.69, 9.17) is 5.11 Å². The number of nitrogens with one attached hydrogen (secondary N) is 1. The minimum atomic E-state index is -4.45. The molecule has 1 rings (SSSR count). The Morgan fingerprint density at radius 2 is 1.89 bits per heavy atom. The highest BCUT2D eigenvalue weighted by molar-refractivity contribution is 5.77. The van der Waals surface area contributed by atoms with Crippen molar-refractivity contribution in [1.29, 1.82) is 0 Å². The van der Waals surface area contributed by atoms with Crippen molar-refractivity contribution in [2.75, 3.05) is 5.32 Å². The monoisotopic (exact) mass is 275 g/mol. The van der Waals surface area contributed by atoms with Gasteiger partial charge >= 0.3 is 12.1 Å². The second-order valence-corrected chi connectivity index (χ2v) is 4.73. The molecule has 1 aromatic carbocycles. The molecule has 0 spiro atoms. The van der Waals surface area contributed by atoms with Crippen molar-refractivity contribution in [1.82, 2.24) is 0 Å². The maximum absolute atomic E-state index is 12.7. The highest BCUT2D eigenvalue weighted by Gasteiger charge is 2.33. The Hall–Kier alpha value is -1.72. The van der Waals surface area contributed by atoms with Crippen molar-refractivity contribution >= 4 is 11.7 Å². The van der Waals surface area contributed by atoms with Gasteiger partial charge in [-0.05, 0) is 30.5 Å². The number of hydrogen-bond donors (Lipinski definition) is 2. The minimum Gasteiger partial charge on any atom is -0.480 e. The SMILES string of the molecule is Cc1ccc(NC(C(=O)O)C(C)C)cc1C(F)(F)F. The summed E-state index contributed by atoms with van der Waals surface area (Å²) in [6.45, 7) is 4.74. The first-order valence-corrected chi connectivity index (χ1v) is 5.80. The summed E-state index contributed by atoms with van der Waals surface area (Å²) in [6, 6.07) is 2.78. The number of carboxylic acid groups (broad SMARTS) is 1. The van der Waals surface area contributed by atoms with E-state index in [9.17, 15) is 18.0 Å². The summed E-state index contributed by atoms with van der Waals surface area (Å²) in [7, 11) is 0. The molecule has 0 fully saturated rings. The first-order valence-electron chi connectivity index (χ1n) is 5.80. The Bertz CT molecular complexity index is 469. The first kappa shape index (κ1) is 15.3. The maximum Gasteiger partial charge on any atom is 0.416 e. The summed E-state index contributed by atoms with van der Waals surface area (Å²) in [6.07, 6.45) is -4.45. The lowest BCUT2D eigenvalue weighted by molar-refractivity contribution is -0.139. The van der Waals surface area contributed by atoms with Crippen molar-refractivity contribution < 1.29 is 23.1 Å². The summed E-state index contributed by atoms with van der Waals surface area (Å²) in [5, 5.41) is 11.6.